The molecule has 1 heteroatoms. The Morgan fingerprint density at radius 3 is 2.48 bits per heavy atom. The van der Waals surface area contributed by atoms with E-state index in [4.69, 9.17) is 0 Å². The molecular formula is C22H21N. The molecule has 0 spiro atoms. The van der Waals surface area contributed by atoms with Crippen molar-refractivity contribution in [2.24, 2.45) is 5.92 Å². The first-order valence-electron chi connectivity index (χ1n) is 8.60. The van der Waals surface area contributed by atoms with E-state index >= 15 is 0 Å². The number of fused-ring (bicyclic) bond motifs is 4. The Labute approximate surface area is 137 Å². The van der Waals surface area contributed by atoms with Gasteiger partial charge in [0.25, 0.3) is 0 Å². The fourth-order valence-corrected chi connectivity index (χ4v) is 4.92. The molecule has 2 aromatic carbocycles. The van der Waals surface area contributed by atoms with Gasteiger partial charge < -0.3 is 4.57 Å². The third-order valence-electron chi connectivity index (χ3n) is 5.80. The highest BCUT2D eigenvalue weighted by atomic mass is 15.0. The number of benzene rings is 2. The number of aromatic nitrogens is 1. The Hall–Kier alpha value is -2.28. The lowest BCUT2D eigenvalue weighted by molar-refractivity contribution is 0.332. The normalized spacial score (nSPS) is 24.8. The minimum atomic E-state index is 0.543. The second-order valence-corrected chi connectivity index (χ2v) is 7.15. The highest BCUT2D eigenvalue weighted by Gasteiger charge is 2.43. The molecule has 3 aromatic rings. The molecule has 0 amide bonds. The summed E-state index contributed by atoms with van der Waals surface area (Å²) in [6.45, 7) is 3.35. The first-order chi connectivity index (χ1) is 11.3. The molecule has 1 nitrogen and oxygen atoms in total. The highest BCUT2D eigenvalue weighted by molar-refractivity contribution is 5.47. The van der Waals surface area contributed by atoms with Gasteiger partial charge in [-0.05, 0) is 47.6 Å². The van der Waals surface area contributed by atoms with Crippen LogP contribution in [0.15, 0.2) is 66.9 Å². The highest BCUT2D eigenvalue weighted by Crippen LogP contribution is 2.53. The van der Waals surface area contributed by atoms with E-state index in [0.29, 0.717) is 17.8 Å². The Kier molecular flexibility index (Phi) is 2.78. The Bertz CT molecular complexity index is 859. The molecule has 5 rings (SSSR count). The Morgan fingerprint density at radius 1 is 0.913 bits per heavy atom. The van der Waals surface area contributed by atoms with E-state index in [9.17, 15) is 0 Å². The molecule has 1 aliphatic carbocycles. The van der Waals surface area contributed by atoms with Crippen LogP contribution in [0.5, 0.6) is 0 Å². The van der Waals surface area contributed by atoms with Crippen LogP contribution in [0.3, 0.4) is 0 Å². The van der Waals surface area contributed by atoms with Crippen molar-refractivity contribution in [3.8, 4) is 0 Å². The molecule has 3 atom stereocenters. The maximum Gasteiger partial charge on any atom is 0.0294 e. The lowest BCUT2D eigenvalue weighted by Gasteiger charge is -2.32. The van der Waals surface area contributed by atoms with Gasteiger partial charge in [-0.25, -0.2) is 0 Å². The summed E-state index contributed by atoms with van der Waals surface area (Å²) in [6, 6.07) is 22.6. The van der Waals surface area contributed by atoms with Gasteiger partial charge in [0, 0.05) is 30.3 Å². The van der Waals surface area contributed by atoms with Gasteiger partial charge >= 0.3 is 0 Å². The minimum absolute atomic E-state index is 0.543. The van der Waals surface area contributed by atoms with Crippen LogP contribution in [0.1, 0.15) is 39.8 Å². The molecule has 2 heterocycles. The van der Waals surface area contributed by atoms with Gasteiger partial charge in [-0.15, -0.1) is 0 Å². The summed E-state index contributed by atoms with van der Waals surface area (Å²) in [5, 5.41) is 0. The van der Waals surface area contributed by atoms with Crippen molar-refractivity contribution in [1.29, 1.82) is 0 Å². The maximum absolute atomic E-state index is 2.49. The number of aryl methyl sites for hydroxylation is 1. The van der Waals surface area contributed by atoms with Gasteiger partial charge in [-0.1, -0.05) is 54.6 Å². The summed E-state index contributed by atoms with van der Waals surface area (Å²) in [5.41, 5.74) is 7.51. The summed E-state index contributed by atoms with van der Waals surface area (Å²) in [7, 11) is 0. The van der Waals surface area contributed by atoms with E-state index < -0.39 is 0 Å². The third kappa shape index (κ3) is 1.92. The van der Waals surface area contributed by atoms with Crippen molar-refractivity contribution in [3.05, 3.63) is 94.8 Å². The van der Waals surface area contributed by atoms with Crippen LogP contribution >= 0.6 is 0 Å². The zero-order valence-electron chi connectivity index (χ0n) is 13.4. The smallest absolute Gasteiger partial charge is 0.0294 e. The number of hydrogen-bond acceptors (Lipinski definition) is 0. The Balaban J connectivity index is 1.67. The van der Waals surface area contributed by atoms with Crippen LogP contribution in [-0.4, -0.2) is 4.57 Å². The average molecular weight is 299 g/mol. The minimum Gasteiger partial charge on any atom is -0.351 e. The Morgan fingerprint density at radius 2 is 1.65 bits per heavy atom. The van der Waals surface area contributed by atoms with Gasteiger partial charge in [0.1, 0.15) is 0 Å². The second-order valence-electron chi connectivity index (χ2n) is 7.15. The molecule has 0 N–H and O–H groups in total. The summed E-state index contributed by atoms with van der Waals surface area (Å²) >= 11 is 0. The molecule has 1 aromatic heterocycles. The molecule has 0 fully saturated rings. The van der Waals surface area contributed by atoms with Gasteiger partial charge in [0.15, 0.2) is 0 Å². The average Bonchev–Trinajstić information content (AvgIpc) is 3.09. The third-order valence-corrected chi connectivity index (χ3v) is 5.80. The van der Waals surface area contributed by atoms with Crippen LogP contribution in [0.2, 0.25) is 0 Å². The molecule has 1 aliphatic heterocycles. The van der Waals surface area contributed by atoms with Crippen LogP contribution in [0.4, 0.5) is 0 Å². The topological polar surface area (TPSA) is 4.93 Å². The largest absolute Gasteiger partial charge is 0.351 e. The fraction of sp³-hybridized carbons (Fsp3) is 0.273. The monoisotopic (exact) mass is 299 g/mol. The molecule has 2 aliphatic rings. The molecule has 0 saturated carbocycles. The summed E-state index contributed by atoms with van der Waals surface area (Å²) in [5.74, 6) is 1.88. The van der Waals surface area contributed by atoms with Gasteiger partial charge in [0.05, 0.1) is 0 Å². The van der Waals surface area contributed by atoms with Crippen molar-refractivity contribution < 1.29 is 0 Å². The first kappa shape index (κ1) is 13.2. The van der Waals surface area contributed by atoms with E-state index in [-0.39, 0.29) is 0 Å². The van der Waals surface area contributed by atoms with Crippen LogP contribution < -0.4 is 0 Å². The standard InChI is InChI=1S/C22H21N/c1-15-11-17-12-20-21(14-23(17)13-15)18-9-5-6-10-19(18)22(20)16-7-3-2-4-8-16/h2-11,13,20-22H,12,14H2,1H3. The summed E-state index contributed by atoms with van der Waals surface area (Å²) < 4.78 is 2.49. The molecule has 23 heavy (non-hydrogen) atoms. The van der Waals surface area contributed by atoms with Crippen LogP contribution in [0, 0.1) is 12.8 Å². The predicted molar refractivity (Wildman–Crippen MR) is 93.8 cm³/mol. The van der Waals surface area contributed by atoms with Crippen LogP contribution in [0.25, 0.3) is 0 Å². The van der Waals surface area contributed by atoms with Crippen LogP contribution in [-0.2, 0) is 13.0 Å². The van der Waals surface area contributed by atoms with E-state index in [2.05, 4.69) is 78.4 Å². The number of rotatable bonds is 1. The quantitative estimate of drug-likeness (QED) is 0.602. The first-order valence-corrected chi connectivity index (χ1v) is 8.60. The maximum atomic E-state index is 2.49. The second kappa shape index (κ2) is 4.86. The number of hydrogen-bond donors (Lipinski definition) is 0. The zero-order chi connectivity index (χ0) is 15.4. The SMILES string of the molecule is Cc1cc2n(c1)CC1c3ccccc3C(c3ccccc3)C1C2. The van der Waals surface area contributed by atoms with E-state index in [0.717, 1.165) is 6.54 Å². The van der Waals surface area contributed by atoms with Gasteiger partial charge in [-0.3, -0.25) is 0 Å². The molecule has 3 unspecified atom stereocenters. The summed E-state index contributed by atoms with van der Waals surface area (Å²) in [4.78, 5) is 0. The van der Waals surface area contributed by atoms with E-state index in [1.165, 1.54) is 23.2 Å². The number of nitrogens with zero attached hydrogens (tertiary/aromatic N) is 1. The van der Waals surface area contributed by atoms with Crippen molar-refractivity contribution in [1.82, 2.24) is 4.57 Å². The van der Waals surface area contributed by atoms with E-state index in [1.54, 1.807) is 11.1 Å². The molecule has 114 valence electrons. The summed E-state index contributed by atoms with van der Waals surface area (Å²) in [6.07, 6.45) is 3.51. The van der Waals surface area contributed by atoms with Crippen molar-refractivity contribution >= 4 is 0 Å². The lowest BCUT2D eigenvalue weighted by Crippen LogP contribution is -2.26. The molecular weight excluding hydrogens is 278 g/mol. The molecule has 0 radical (unpaired) electrons. The molecule has 0 bridgehead atoms. The van der Waals surface area contributed by atoms with Gasteiger partial charge in [-0.2, -0.15) is 0 Å². The van der Waals surface area contributed by atoms with Crippen molar-refractivity contribution in [2.45, 2.75) is 31.7 Å². The zero-order valence-corrected chi connectivity index (χ0v) is 13.4. The van der Waals surface area contributed by atoms with E-state index in [1.807, 2.05) is 0 Å². The molecule has 0 saturated heterocycles. The fourth-order valence-electron chi connectivity index (χ4n) is 4.92. The lowest BCUT2D eigenvalue weighted by atomic mass is 9.78. The van der Waals surface area contributed by atoms with Crippen molar-refractivity contribution in [2.75, 3.05) is 0 Å². The van der Waals surface area contributed by atoms with Gasteiger partial charge in [0.2, 0.25) is 0 Å². The predicted octanol–water partition coefficient (Wildman–Crippen LogP) is 4.90. The van der Waals surface area contributed by atoms with Crippen molar-refractivity contribution in [3.63, 3.8) is 0 Å².